The van der Waals surface area contributed by atoms with E-state index in [0.717, 1.165) is 42.8 Å². The summed E-state index contributed by atoms with van der Waals surface area (Å²) in [6, 6.07) is 8.03. The minimum absolute atomic E-state index is 0.146. The van der Waals surface area contributed by atoms with E-state index in [1.54, 1.807) is 0 Å². The minimum Gasteiger partial charge on any atom is -0.480 e. The number of likely N-dealkylation sites (tertiary alicyclic amines) is 1. The molecule has 0 aliphatic carbocycles. The number of carbonyl (C=O) groups is 1. The highest BCUT2D eigenvalue weighted by Gasteiger charge is 2.23. The van der Waals surface area contributed by atoms with Crippen molar-refractivity contribution in [3.05, 3.63) is 30.1 Å². The summed E-state index contributed by atoms with van der Waals surface area (Å²) in [5, 5.41) is 8.78. The van der Waals surface area contributed by atoms with E-state index in [0.29, 0.717) is 5.92 Å². The van der Waals surface area contributed by atoms with E-state index in [1.165, 1.54) is 0 Å². The summed E-state index contributed by atoms with van der Waals surface area (Å²) in [7, 11) is 0. The van der Waals surface area contributed by atoms with Gasteiger partial charge in [0.25, 0.3) is 0 Å². The zero-order valence-electron chi connectivity index (χ0n) is 10.7. The largest absolute Gasteiger partial charge is 0.480 e. The van der Waals surface area contributed by atoms with Gasteiger partial charge in [0.15, 0.2) is 0 Å². The topological polar surface area (TPSA) is 69.2 Å². The van der Waals surface area contributed by atoms with E-state index in [2.05, 4.69) is 9.97 Å². The second-order valence-corrected chi connectivity index (χ2v) is 5.08. The maximum absolute atomic E-state index is 10.7. The van der Waals surface area contributed by atoms with Crippen LogP contribution in [0.15, 0.2) is 24.3 Å². The van der Waals surface area contributed by atoms with Gasteiger partial charge in [-0.1, -0.05) is 12.1 Å². The molecule has 100 valence electrons. The van der Waals surface area contributed by atoms with Crippen molar-refractivity contribution < 1.29 is 9.90 Å². The van der Waals surface area contributed by atoms with Gasteiger partial charge in [0, 0.05) is 5.92 Å². The molecule has 2 heterocycles. The summed E-state index contributed by atoms with van der Waals surface area (Å²) < 4.78 is 0. The molecule has 0 saturated carbocycles. The summed E-state index contributed by atoms with van der Waals surface area (Å²) in [5.74, 6) is 0.704. The average Bonchev–Trinajstić information content (AvgIpc) is 2.82. The Labute approximate surface area is 111 Å². The molecular formula is C14H17N3O2. The van der Waals surface area contributed by atoms with Crippen LogP contribution >= 0.6 is 0 Å². The predicted molar refractivity (Wildman–Crippen MR) is 72.1 cm³/mol. The molecule has 1 saturated heterocycles. The molecule has 2 N–H and O–H groups in total. The first-order valence-electron chi connectivity index (χ1n) is 6.61. The van der Waals surface area contributed by atoms with Gasteiger partial charge in [0.2, 0.25) is 0 Å². The van der Waals surface area contributed by atoms with Crippen LogP contribution in [0.4, 0.5) is 0 Å². The molecule has 3 rings (SSSR count). The van der Waals surface area contributed by atoms with E-state index in [1.807, 2.05) is 29.2 Å². The Morgan fingerprint density at radius 3 is 2.79 bits per heavy atom. The van der Waals surface area contributed by atoms with Crippen molar-refractivity contribution in [2.45, 2.75) is 18.8 Å². The first-order chi connectivity index (χ1) is 9.22. The van der Waals surface area contributed by atoms with E-state index in [4.69, 9.17) is 5.11 Å². The summed E-state index contributed by atoms with van der Waals surface area (Å²) in [6.07, 6.45) is 1.93. The van der Waals surface area contributed by atoms with E-state index < -0.39 is 5.97 Å². The lowest BCUT2D eigenvalue weighted by molar-refractivity contribution is -0.138. The van der Waals surface area contributed by atoms with Gasteiger partial charge in [-0.25, -0.2) is 4.98 Å². The number of aromatic amines is 1. The quantitative estimate of drug-likeness (QED) is 0.882. The highest BCUT2D eigenvalue weighted by molar-refractivity contribution is 5.74. The number of H-pyrrole nitrogens is 1. The van der Waals surface area contributed by atoms with Crippen molar-refractivity contribution in [3.8, 4) is 0 Å². The Kier molecular flexibility index (Phi) is 3.21. The molecule has 2 aromatic rings. The molecule has 0 radical (unpaired) electrons. The summed E-state index contributed by atoms with van der Waals surface area (Å²) in [5.41, 5.74) is 2.08. The molecule has 1 fully saturated rings. The number of aromatic nitrogens is 2. The number of carboxylic acids is 1. The number of imidazole rings is 1. The standard InChI is InChI=1S/C14H17N3O2/c18-13(19)9-17-7-5-10(6-8-17)14-15-11-3-1-2-4-12(11)16-14/h1-4,10H,5-9H2,(H,15,16)(H,18,19). The minimum atomic E-state index is -0.748. The Morgan fingerprint density at radius 1 is 1.37 bits per heavy atom. The van der Waals surface area contributed by atoms with Crippen LogP contribution in [-0.2, 0) is 4.79 Å². The van der Waals surface area contributed by atoms with Crippen LogP contribution in [0.5, 0.6) is 0 Å². The molecule has 0 amide bonds. The average molecular weight is 259 g/mol. The van der Waals surface area contributed by atoms with Gasteiger partial charge in [0.05, 0.1) is 17.6 Å². The summed E-state index contributed by atoms with van der Waals surface area (Å²) >= 11 is 0. The van der Waals surface area contributed by atoms with Crippen LogP contribution in [0.3, 0.4) is 0 Å². The lowest BCUT2D eigenvalue weighted by Crippen LogP contribution is -2.36. The van der Waals surface area contributed by atoms with E-state index in [9.17, 15) is 4.79 Å². The lowest BCUT2D eigenvalue weighted by Gasteiger charge is -2.29. The fraction of sp³-hybridized carbons (Fsp3) is 0.429. The second-order valence-electron chi connectivity index (χ2n) is 5.08. The fourth-order valence-corrected chi connectivity index (χ4v) is 2.72. The SMILES string of the molecule is O=C(O)CN1CCC(c2nc3ccccc3[nH]2)CC1. The second kappa shape index (κ2) is 5.01. The number of aliphatic carboxylic acids is 1. The van der Waals surface area contributed by atoms with Crippen LogP contribution in [-0.4, -0.2) is 45.6 Å². The Morgan fingerprint density at radius 2 is 2.11 bits per heavy atom. The number of benzene rings is 1. The highest BCUT2D eigenvalue weighted by atomic mass is 16.4. The van der Waals surface area contributed by atoms with Gasteiger partial charge < -0.3 is 10.1 Å². The van der Waals surface area contributed by atoms with Crippen LogP contribution in [0, 0.1) is 0 Å². The van der Waals surface area contributed by atoms with Gasteiger partial charge in [-0.05, 0) is 38.1 Å². The van der Waals surface area contributed by atoms with Crippen molar-refractivity contribution in [1.29, 1.82) is 0 Å². The fourth-order valence-electron chi connectivity index (χ4n) is 2.72. The van der Waals surface area contributed by atoms with Gasteiger partial charge in [-0.15, -0.1) is 0 Å². The van der Waals surface area contributed by atoms with Crippen molar-refractivity contribution >= 4 is 17.0 Å². The van der Waals surface area contributed by atoms with Crippen LogP contribution < -0.4 is 0 Å². The van der Waals surface area contributed by atoms with E-state index >= 15 is 0 Å². The third kappa shape index (κ3) is 2.61. The molecule has 1 aliphatic rings. The van der Waals surface area contributed by atoms with E-state index in [-0.39, 0.29) is 6.54 Å². The smallest absolute Gasteiger partial charge is 0.317 e. The molecule has 0 bridgehead atoms. The number of nitrogens with one attached hydrogen (secondary N) is 1. The first kappa shape index (κ1) is 12.2. The van der Waals surface area contributed by atoms with Crippen molar-refractivity contribution in [2.75, 3.05) is 19.6 Å². The molecule has 5 nitrogen and oxygen atoms in total. The van der Waals surface area contributed by atoms with Gasteiger partial charge in [-0.2, -0.15) is 0 Å². The molecule has 0 unspecified atom stereocenters. The van der Waals surface area contributed by atoms with Gasteiger partial charge in [0.1, 0.15) is 5.82 Å². The zero-order chi connectivity index (χ0) is 13.2. The van der Waals surface area contributed by atoms with Crippen molar-refractivity contribution in [2.24, 2.45) is 0 Å². The van der Waals surface area contributed by atoms with Crippen molar-refractivity contribution in [1.82, 2.24) is 14.9 Å². The maximum Gasteiger partial charge on any atom is 0.317 e. The summed E-state index contributed by atoms with van der Waals surface area (Å²) in [4.78, 5) is 20.7. The first-order valence-corrected chi connectivity index (χ1v) is 6.61. The highest BCUT2D eigenvalue weighted by Crippen LogP contribution is 2.27. The molecule has 1 aromatic carbocycles. The van der Waals surface area contributed by atoms with Crippen molar-refractivity contribution in [3.63, 3.8) is 0 Å². The van der Waals surface area contributed by atoms with Gasteiger partial charge >= 0.3 is 5.97 Å². The molecule has 0 atom stereocenters. The zero-order valence-corrected chi connectivity index (χ0v) is 10.7. The maximum atomic E-state index is 10.7. The number of nitrogens with zero attached hydrogens (tertiary/aromatic N) is 2. The van der Waals surface area contributed by atoms with Crippen LogP contribution in [0.1, 0.15) is 24.6 Å². The summed E-state index contributed by atoms with van der Waals surface area (Å²) in [6.45, 7) is 1.80. The molecule has 1 aliphatic heterocycles. The van der Waals surface area contributed by atoms with Gasteiger partial charge in [-0.3, -0.25) is 9.69 Å². The number of fused-ring (bicyclic) bond motifs is 1. The third-order valence-corrected chi connectivity index (χ3v) is 3.74. The number of hydrogen-bond donors (Lipinski definition) is 2. The third-order valence-electron chi connectivity index (χ3n) is 3.74. The van der Waals surface area contributed by atoms with Crippen LogP contribution in [0.25, 0.3) is 11.0 Å². The Bertz CT molecular complexity index is 552. The predicted octanol–water partition coefficient (Wildman–Crippen LogP) is 1.83. The normalized spacial score (nSPS) is 17.9. The molecule has 5 heteroatoms. The van der Waals surface area contributed by atoms with Crippen LogP contribution in [0.2, 0.25) is 0 Å². The Hall–Kier alpha value is -1.88. The molecular weight excluding hydrogens is 242 g/mol. The number of rotatable bonds is 3. The number of piperidine rings is 1. The molecule has 19 heavy (non-hydrogen) atoms. The lowest BCUT2D eigenvalue weighted by atomic mass is 9.96. The number of carboxylic acid groups (broad SMARTS) is 1. The molecule has 1 aromatic heterocycles. The Balaban J connectivity index is 1.69. The monoisotopic (exact) mass is 259 g/mol. The molecule has 0 spiro atoms. The number of hydrogen-bond acceptors (Lipinski definition) is 3. The number of para-hydroxylation sites is 2.